The molecule has 0 aliphatic heterocycles. The minimum absolute atomic E-state index is 0.0324. The third kappa shape index (κ3) is 1.71. The van der Waals surface area contributed by atoms with E-state index in [1.165, 1.54) is 0 Å². The molecule has 0 bridgehead atoms. The molecule has 0 aliphatic carbocycles. The molecule has 0 amide bonds. The fourth-order valence-corrected chi connectivity index (χ4v) is 1.00. The summed E-state index contributed by atoms with van der Waals surface area (Å²) in [4.78, 5) is 3.76. The van der Waals surface area contributed by atoms with Gasteiger partial charge in [0, 0.05) is 6.54 Å². The standard InChI is InChI=1S/C6H9ClN2O2/c1-3-5(4(10)2-8)11-6(7)9-3/h4,10H,2,8H2,1H3. The molecule has 1 rings (SSSR count). The molecular formula is C6H9ClN2O2. The summed E-state index contributed by atoms with van der Waals surface area (Å²) < 4.78 is 4.89. The molecule has 0 radical (unpaired) electrons. The van der Waals surface area contributed by atoms with Crippen molar-refractivity contribution in [3.05, 3.63) is 16.8 Å². The predicted molar refractivity (Wildman–Crippen MR) is 40.3 cm³/mol. The molecule has 1 aromatic heterocycles. The van der Waals surface area contributed by atoms with E-state index in [2.05, 4.69) is 4.98 Å². The van der Waals surface area contributed by atoms with Crippen molar-refractivity contribution < 1.29 is 9.52 Å². The second kappa shape index (κ2) is 3.21. The number of hydrogen-bond donors (Lipinski definition) is 2. The summed E-state index contributed by atoms with van der Waals surface area (Å²) >= 11 is 5.44. The van der Waals surface area contributed by atoms with Crippen LogP contribution in [0.4, 0.5) is 0 Å². The number of rotatable bonds is 2. The average molecular weight is 177 g/mol. The van der Waals surface area contributed by atoms with E-state index < -0.39 is 6.10 Å². The Labute approximate surface area is 69.0 Å². The molecule has 1 aromatic rings. The maximum Gasteiger partial charge on any atom is 0.292 e. The van der Waals surface area contributed by atoms with Crippen molar-refractivity contribution in [2.24, 2.45) is 5.73 Å². The highest BCUT2D eigenvalue weighted by Crippen LogP contribution is 2.20. The smallest absolute Gasteiger partial charge is 0.292 e. The largest absolute Gasteiger partial charge is 0.430 e. The molecule has 62 valence electrons. The van der Waals surface area contributed by atoms with Gasteiger partial charge in [0.25, 0.3) is 5.35 Å². The molecule has 0 saturated carbocycles. The first kappa shape index (κ1) is 8.52. The number of nitrogens with zero attached hydrogens (tertiary/aromatic N) is 1. The van der Waals surface area contributed by atoms with Gasteiger partial charge in [-0.3, -0.25) is 0 Å². The van der Waals surface area contributed by atoms with E-state index in [-0.39, 0.29) is 11.9 Å². The molecular weight excluding hydrogens is 168 g/mol. The van der Waals surface area contributed by atoms with Gasteiger partial charge in [0.05, 0.1) is 5.69 Å². The Morgan fingerprint density at radius 3 is 2.82 bits per heavy atom. The van der Waals surface area contributed by atoms with Gasteiger partial charge < -0.3 is 15.3 Å². The number of aliphatic hydroxyl groups excluding tert-OH is 1. The number of oxazole rings is 1. The monoisotopic (exact) mass is 176 g/mol. The highest BCUT2D eigenvalue weighted by molar-refractivity contribution is 6.27. The van der Waals surface area contributed by atoms with Gasteiger partial charge in [-0.2, -0.15) is 0 Å². The van der Waals surface area contributed by atoms with E-state index in [4.69, 9.17) is 21.8 Å². The summed E-state index contributed by atoms with van der Waals surface area (Å²) in [5, 5.41) is 9.24. The molecule has 11 heavy (non-hydrogen) atoms. The molecule has 0 aromatic carbocycles. The van der Waals surface area contributed by atoms with Gasteiger partial charge in [0.15, 0.2) is 5.76 Å². The Bertz CT molecular complexity index is 249. The van der Waals surface area contributed by atoms with Crippen molar-refractivity contribution in [2.45, 2.75) is 13.0 Å². The molecule has 3 N–H and O–H groups in total. The highest BCUT2D eigenvalue weighted by Gasteiger charge is 2.15. The van der Waals surface area contributed by atoms with Crippen LogP contribution < -0.4 is 5.73 Å². The maximum atomic E-state index is 9.21. The van der Waals surface area contributed by atoms with Crippen LogP contribution in [0.25, 0.3) is 0 Å². The normalized spacial score (nSPS) is 13.5. The van der Waals surface area contributed by atoms with Gasteiger partial charge in [0.2, 0.25) is 0 Å². The fourth-order valence-electron chi connectivity index (χ4n) is 0.791. The van der Waals surface area contributed by atoms with Crippen LogP contribution in [0.15, 0.2) is 4.42 Å². The minimum atomic E-state index is -0.810. The van der Waals surface area contributed by atoms with Crippen molar-refractivity contribution >= 4 is 11.6 Å². The quantitative estimate of drug-likeness (QED) is 0.693. The SMILES string of the molecule is Cc1nc(Cl)oc1C(O)CN. The van der Waals surface area contributed by atoms with E-state index in [9.17, 15) is 5.11 Å². The van der Waals surface area contributed by atoms with Gasteiger partial charge in [-0.15, -0.1) is 0 Å². The number of aliphatic hydroxyl groups is 1. The van der Waals surface area contributed by atoms with E-state index >= 15 is 0 Å². The second-order valence-corrected chi connectivity index (χ2v) is 2.49. The minimum Gasteiger partial charge on any atom is -0.430 e. The molecule has 1 atom stereocenters. The van der Waals surface area contributed by atoms with Crippen LogP contribution in [0, 0.1) is 6.92 Å². The van der Waals surface area contributed by atoms with Crippen molar-refractivity contribution in [1.82, 2.24) is 4.98 Å². The average Bonchev–Trinajstić information content (AvgIpc) is 2.28. The third-order valence-corrected chi connectivity index (χ3v) is 1.49. The Balaban J connectivity index is 2.93. The van der Waals surface area contributed by atoms with Crippen LogP contribution in [-0.2, 0) is 0 Å². The van der Waals surface area contributed by atoms with Crippen LogP contribution in [-0.4, -0.2) is 16.6 Å². The fraction of sp³-hybridized carbons (Fsp3) is 0.500. The number of hydrogen-bond acceptors (Lipinski definition) is 4. The first-order valence-corrected chi connectivity index (χ1v) is 3.54. The highest BCUT2D eigenvalue weighted by atomic mass is 35.5. The lowest BCUT2D eigenvalue weighted by Gasteiger charge is -2.02. The molecule has 0 aliphatic rings. The summed E-state index contributed by atoms with van der Waals surface area (Å²) in [7, 11) is 0. The van der Waals surface area contributed by atoms with E-state index in [0.29, 0.717) is 11.5 Å². The van der Waals surface area contributed by atoms with Gasteiger partial charge in [0.1, 0.15) is 6.10 Å². The number of halogens is 1. The zero-order chi connectivity index (χ0) is 8.43. The second-order valence-electron chi connectivity index (χ2n) is 2.17. The Hall–Kier alpha value is -0.580. The number of aromatic nitrogens is 1. The zero-order valence-corrected chi connectivity index (χ0v) is 6.80. The molecule has 0 spiro atoms. The first-order chi connectivity index (χ1) is 5.15. The van der Waals surface area contributed by atoms with Crippen molar-refractivity contribution in [3.63, 3.8) is 0 Å². The summed E-state index contributed by atoms with van der Waals surface area (Å²) in [6.07, 6.45) is -0.810. The van der Waals surface area contributed by atoms with Gasteiger partial charge in [-0.1, -0.05) is 0 Å². The van der Waals surface area contributed by atoms with Crippen LogP contribution in [0.2, 0.25) is 5.35 Å². The molecule has 1 heterocycles. The molecule has 5 heteroatoms. The van der Waals surface area contributed by atoms with Gasteiger partial charge in [-0.05, 0) is 18.5 Å². The number of nitrogens with two attached hydrogens (primary N) is 1. The number of aryl methyl sites for hydroxylation is 1. The van der Waals surface area contributed by atoms with Crippen molar-refractivity contribution in [3.8, 4) is 0 Å². The molecule has 1 unspecified atom stereocenters. The molecule has 0 saturated heterocycles. The lowest BCUT2D eigenvalue weighted by atomic mass is 10.2. The first-order valence-electron chi connectivity index (χ1n) is 3.16. The van der Waals surface area contributed by atoms with E-state index in [0.717, 1.165) is 0 Å². The van der Waals surface area contributed by atoms with Crippen LogP contribution in [0.5, 0.6) is 0 Å². The van der Waals surface area contributed by atoms with E-state index in [1.807, 2.05) is 0 Å². The lowest BCUT2D eigenvalue weighted by molar-refractivity contribution is 0.157. The summed E-state index contributed by atoms with van der Waals surface area (Å²) in [5.41, 5.74) is 5.78. The predicted octanol–water partition coefficient (Wildman–Crippen LogP) is 0.629. The Morgan fingerprint density at radius 2 is 2.45 bits per heavy atom. The van der Waals surface area contributed by atoms with Crippen LogP contribution in [0.3, 0.4) is 0 Å². The van der Waals surface area contributed by atoms with Crippen LogP contribution in [0.1, 0.15) is 17.6 Å². The maximum absolute atomic E-state index is 9.21. The van der Waals surface area contributed by atoms with Gasteiger partial charge >= 0.3 is 0 Å². The Kier molecular flexibility index (Phi) is 2.49. The topological polar surface area (TPSA) is 72.3 Å². The molecule has 4 nitrogen and oxygen atoms in total. The zero-order valence-electron chi connectivity index (χ0n) is 6.04. The van der Waals surface area contributed by atoms with Crippen molar-refractivity contribution in [2.75, 3.05) is 6.54 Å². The summed E-state index contributed by atoms with van der Waals surface area (Å²) in [5.74, 6) is 0.345. The lowest BCUT2D eigenvalue weighted by Crippen LogP contribution is -2.11. The third-order valence-electron chi connectivity index (χ3n) is 1.33. The summed E-state index contributed by atoms with van der Waals surface area (Å²) in [6.45, 7) is 1.80. The Morgan fingerprint density at radius 1 is 1.82 bits per heavy atom. The van der Waals surface area contributed by atoms with Gasteiger partial charge in [-0.25, -0.2) is 4.98 Å². The van der Waals surface area contributed by atoms with Crippen molar-refractivity contribution in [1.29, 1.82) is 0 Å². The van der Waals surface area contributed by atoms with Crippen LogP contribution >= 0.6 is 11.6 Å². The van der Waals surface area contributed by atoms with E-state index in [1.54, 1.807) is 6.92 Å². The summed E-state index contributed by atoms with van der Waals surface area (Å²) in [6, 6.07) is 0. The molecule has 0 fully saturated rings.